The third-order valence-corrected chi connectivity index (χ3v) is 10.8. The molecule has 0 aromatic rings. The first-order valence-electron chi connectivity index (χ1n) is 25.3. The van der Waals surface area contributed by atoms with Crippen LogP contribution in [0.5, 0.6) is 0 Å². The molecule has 0 fully saturated rings. The van der Waals surface area contributed by atoms with Crippen LogP contribution in [-0.2, 0) is 28.6 Å². The van der Waals surface area contributed by atoms with Gasteiger partial charge in [0.05, 0.1) is 0 Å². The van der Waals surface area contributed by atoms with Crippen LogP contribution in [0.15, 0.2) is 60.8 Å². The molecule has 0 aliphatic carbocycles. The second kappa shape index (κ2) is 48.8. The molecule has 6 nitrogen and oxygen atoms in total. The second-order valence-electron chi connectivity index (χ2n) is 16.7. The summed E-state index contributed by atoms with van der Waals surface area (Å²) in [6.45, 7) is 6.47. The maximum atomic E-state index is 12.8. The van der Waals surface area contributed by atoms with Gasteiger partial charge < -0.3 is 14.2 Å². The molecule has 0 aliphatic rings. The molecule has 1 unspecified atom stereocenters. The topological polar surface area (TPSA) is 78.9 Å². The number of carbonyl (C=O) groups excluding carboxylic acids is 3. The molecule has 0 aliphatic heterocycles. The van der Waals surface area contributed by atoms with Gasteiger partial charge in [-0.15, -0.1) is 0 Å². The molecular weight excluding hydrogens is 745 g/mol. The van der Waals surface area contributed by atoms with Crippen LogP contribution in [0.3, 0.4) is 0 Å². The summed E-state index contributed by atoms with van der Waals surface area (Å²) in [5.74, 6) is -0.923. The number of carbonyl (C=O) groups is 3. The molecule has 0 amide bonds. The van der Waals surface area contributed by atoms with Crippen LogP contribution in [0.4, 0.5) is 0 Å². The van der Waals surface area contributed by atoms with Crippen molar-refractivity contribution in [3.8, 4) is 0 Å². The van der Waals surface area contributed by atoms with Crippen molar-refractivity contribution in [3.63, 3.8) is 0 Å². The summed E-state index contributed by atoms with van der Waals surface area (Å²) in [4.78, 5) is 37.9. The van der Waals surface area contributed by atoms with Gasteiger partial charge in [-0.3, -0.25) is 14.4 Å². The maximum Gasteiger partial charge on any atom is 0.306 e. The Balaban J connectivity index is 4.43. The zero-order chi connectivity index (χ0) is 43.7. The predicted octanol–water partition coefficient (Wildman–Crippen LogP) is 16.5. The van der Waals surface area contributed by atoms with E-state index >= 15 is 0 Å². The third-order valence-electron chi connectivity index (χ3n) is 10.8. The molecule has 60 heavy (non-hydrogen) atoms. The molecule has 0 heterocycles. The fourth-order valence-corrected chi connectivity index (χ4v) is 6.96. The monoisotopic (exact) mass is 839 g/mol. The van der Waals surface area contributed by atoms with Crippen molar-refractivity contribution in [2.24, 2.45) is 0 Å². The highest BCUT2D eigenvalue weighted by Crippen LogP contribution is 2.15. The van der Waals surface area contributed by atoms with Gasteiger partial charge in [0.1, 0.15) is 13.2 Å². The lowest BCUT2D eigenvalue weighted by atomic mass is 10.0. The first-order chi connectivity index (χ1) is 29.5. The largest absolute Gasteiger partial charge is 0.462 e. The Morgan fingerprint density at radius 2 is 0.650 bits per heavy atom. The standard InChI is InChI=1S/C54H94O6/c1-4-7-10-13-16-19-22-25-27-28-30-32-35-38-41-44-47-53(56)59-50-51(49-58-52(55)46-43-40-37-34-31-24-21-18-15-12-9-6-3)60-54(57)48-45-42-39-36-33-29-26-23-20-17-14-11-8-5-2/h7,10,16,18-19,21,25,27,30,32,51H,4-6,8-9,11-15,17,20,22-24,26,28-29,31,33-50H2,1-3H3/b10-7-,19-16-,21-18-,27-25-,32-30-. The van der Waals surface area contributed by atoms with Gasteiger partial charge in [0, 0.05) is 19.3 Å². The Bertz CT molecular complexity index is 1100. The zero-order valence-corrected chi connectivity index (χ0v) is 39.5. The van der Waals surface area contributed by atoms with Crippen LogP contribution in [-0.4, -0.2) is 37.2 Å². The van der Waals surface area contributed by atoms with Gasteiger partial charge in [0.15, 0.2) is 6.10 Å². The van der Waals surface area contributed by atoms with E-state index in [2.05, 4.69) is 81.5 Å². The van der Waals surface area contributed by atoms with Crippen molar-refractivity contribution in [1.82, 2.24) is 0 Å². The van der Waals surface area contributed by atoms with E-state index < -0.39 is 6.10 Å². The lowest BCUT2D eigenvalue weighted by Crippen LogP contribution is -2.30. The van der Waals surface area contributed by atoms with E-state index in [1.54, 1.807) is 0 Å². The maximum absolute atomic E-state index is 12.8. The van der Waals surface area contributed by atoms with Crippen molar-refractivity contribution in [1.29, 1.82) is 0 Å². The van der Waals surface area contributed by atoms with Crippen molar-refractivity contribution in [3.05, 3.63) is 60.8 Å². The first-order valence-corrected chi connectivity index (χ1v) is 25.3. The number of allylic oxidation sites excluding steroid dienone is 10. The van der Waals surface area contributed by atoms with Crippen LogP contribution < -0.4 is 0 Å². The SMILES string of the molecule is CC/C=C\C/C=C\C/C=C\C/C=C\CCCCCC(=O)OCC(COC(=O)CCCCCCC/C=C\CCCCC)OC(=O)CCCCCCCCCCCCCCCC. The fraction of sp³-hybridized carbons (Fsp3) is 0.759. The Labute approximate surface area is 370 Å². The minimum absolute atomic E-state index is 0.0872. The van der Waals surface area contributed by atoms with Crippen molar-refractivity contribution in [2.45, 2.75) is 252 Å². The van der Waals surface area contributed by atoms with Crippen LogP contribution in [0.25, 0.3) is 0 Å². The van der Waals surface area contributed by atoms with E-state index in [-0.39, 0.29) is 31.1 Å². The van der Waals surface area contributed by atoms with E-state index in [1.807, 2.05) is 0 Å². The summed E-state index contributed by atoms with van der Waals surface area (Å²) >= 11 is 0. The molecular formula is C54H94O6. The smallest absolute Gasteiger partial charge is 0.306 e. The van der Waals surface area contributed by atoms with Gasteiger partial charge in [0.25, 0.3) is 0 Å². The molecule has 0 saturated heterocycles. The van der Waals surface area contributed by atoms with Gasteiger partial charge in [-0.05, 0) is 83.5 Å². The molecule has 0 saturated carbocycles. The number of ether oxygens (including phenoxy) is 3. The van der Waals surface area contributed by atoms with E-state index in [0.717, 1.165) is 96.3 Å². The average Bonchev–Trinajstić information content (AvgIpc) is 3.24. The number of unbranched alkanes of at least 4 members (excludes halogenated alkanes) is 24. The predicted molar refractivity (Wildman–Crippen MR) is 256 cm³/mol. The highest BCUT2D eigenvalue weighted by molar-refractivity contribution is 5.71. The first kappa shape index (κ1) is 57.1. The van der Waals surface area contributed by atoms with E-state index in [0.29, 0.717) is 19.3 Å². The lowest BCUT2D eigenvalue weighted by Gasteiger charge is -2.18. The molecule has 0 N–H and O–H groups in total. The Morgan fingerprint density at radius 3 is 1.08 bits per heavy atom. The number of hydrogen-bond donors (Lipinski definition) is 0. The number of rotatable bonds is 45. The normalized spacial score (nSPS) is 12.5. The number of hydrogen-bond acceptors (Lipinski definition) is 6. The van der Waals surface area contributed by atoms with Gasteiger partial charge >= 0.3 is 17.9 Å². The molecule has 0 aromatic heterocycles. The fourth-order valence-electron chi connectivity index (χ4n) is 6.96. The summed E-state index contributed by atoms with van der Waals surface area (Å²) in [6.07, 6.45) is 59.1. The summed E-state index contributed by atoms with van der Waals surface area (Å²) in [5.41, 5.74) is 0. The van der Waals surface area contributed by atoms with Crippen LogP contribution >= 0.6 is 0 Å². The van der Waals surface area contributed by atoms with Crippen molar-refractivity contribution < 1.29 is 28.6 Å². The molecule has 0 aromatic carbocycles. The second-order valence-corrected chi connectivity index (χ2v) is 16.7. The average molecular weight is 839 g/mol. The highest BCUT2D eigenvalue weighted by atomic mass is 16.6. The molecule has 346 valence electrons. The van der Waals surface area contributed by atoms with Crippen LogP contribution in [0, 0.1) is 0 Å². The Morgan fingerprint density at radius 1 is 0.350 bits per heavy atom. The number of esters is 3. The molecule has 1 atom stereocenters. The molecule has 0 spiro atoms. The quantitative estimate of drug-likeness (QED) is 0.0263. The summed E-state index contributed by atoms with van der Waals surface area (Å²) in [6, 6.07) is 0. The molecule has 6 heteroatoms. The van der Waals surface area contributed by atoms with E-state index in [4.69, 9.17) is 14.2 Å². The minimum atomic E-state index is -0.787. The molecule has 0 radical (unpaired) electrons. The summed E-state index contributed by atoms with van der Waals surface area (Å²) in [5, 5.41) is 0. The van der Waals surface area contributed by atoms with Crippen molar-refractivity contribution in [2.75, 3.05) is 13.2 Å². The highest BCUT2D eigenvalue weighted by Gasteiger charge is 2.19. The van der Waals surface area contributed by atoms with Crippen LogP contribution in [0.2, 0.25) is 0 Å². The van der Waals surface area contributed by atoms with Crippen LogP contribution in [0.1, 0.15) is 245 Å². The van der Waals surface area contributed by atoms with E-state index in [9.17, 15) is 14.4 Å². The van der Waals surface area contributed by atoms with Gasteiger partial charge in [-0.25, -0.2) is 0 Å². The lowest BCUT2D eigenvalue weighted by molar-refractivity contribution is -0.167. The summed E-state index contributed by atoms with van der Waals surface area (Å²) < 4.78 is 16.7. The minimum Gasteiger partial charge on any atom is -0.462 e. The third kappa shape index (κ3) is 46.2. The van der Waals surface area contributed by atoms with Gasteiger partial charge in [-0.1, -0.05) is 204 Å². The van der Waals surface area contributed by atoms with Gasteiger partial charge in [0.2, 0.25) is 0 Å². The molecule has 0 bridgehead atoms. The Hall–Kier alpha value is -2.89. The summed E-state index contributed by atoms with van der Waals surface area (Å²) in [7, 11) is 0. The molecule has 0 rings (SSSR count). The Kier molecular flexibility index (Phi) is 46.4. The van der Waals surface area contributed by atoms with Gasteiger partial charge in [-0.2, -0.15) is 0 Å². The van der Waals surface area contributed by atoms with Crippen molar-refractivity contribution >= 4 is 17.9 Å². The zero-order valence-electron chi connectivity index (χ0n) is 39.5. The van der Waals surface area contributed by atoms with E-state index in [1.165, 1.54) is 109 Å².